The van der Waals surface area contributed by atoms with Crippen LogP contribution in [0.5, 0.6) is 0 Å². The number of hydrogen-bond donors (Lipinski definition) is 0. The van der Waals surface area contributed by atoms with Crippen LogP contribution in [0.15, 0.2) is 60.4 Å². The Morgan fingerprint density at radius 2 is 1.21 bits per heavy atom. The summed E-state index contributed by atoms with van der Waals surface area (Å²) in [7, 11) is 0. The molecule has 0 radical (unpaired) electrons. The fourth-order valence-corrected chi connectivity index (χ4v) is 2.32. The monoisotopic (exact) mass is 513 g/mol. The molecule has 0 aliphatic carbocycles. The van der Waals surface area contributed by atoms with E-state index in [-0.39, 0.29) is 5.69 Å². The summed E-state index contributed by atoms with van der Waals surface area (Å²) < 4.78 is 3.42. The predicted molar refractivity (Wildman–Crippen MR) is 90.3 cm³/mol. The molecule has 3 nitrogen and oxygen atoms in total. The number of nitrogens with zero attached hydrogens (tertiary/aromatic N) is 1. The minimum Gasteiger partial charge on any atom is -0.258 e. The molecule has 0 N–H and O–H groups in total. The third-order valence-corrected chi connectivity index (χ3v) is 4.13. The summed E-state index contributed by atoms with van der Waals surface area (Å²) in [6.07, 6.45) is 0. The van der Waals surface area contributed by atoms with Gasteiger partial charge in [0, 0.05) is 19.5 Å². The fraction of sp³-hybridized carbons (Fsp3) is 0. The third kappa shape index (κ3) is 6.16. The molecular formula is C12H7Br4NO2. The van der Waals surface area contributed by atoms with Crippen LogP contribution < -0.4 is 0 Å². The first kappa shape index (κ1) is 16.8. The van der Waals surface area contributed by atoms with E-state index in [1.165, 1.54) is 6.07 Å². The molecule has 2 aromatic rings. The van der Waals surface area contributed by atoms with Gasteiger partial charge in [-0.25, -0.2) is 0 Å². The molecule has 0 heterocycles. The maximum absolute atomic E-state index is 10.3. The SMILES string of the molecule is Brc1ccc(Br)cc1.O=[N+]([O-])c1cc(Br)ccc1Br. The van der Waals surface area contributed by atoms with Gasteiger partial charge in [-0.1, -0.05) is 47.8 Å². The zero-order chi connectivity index (χ0) is 14.4. The van der Waals surface area contributed by atoms with E-state index < -0.39 is 4.92 Å². The maximum atomic E-state index is 10.3. The number of hydrogen-bond acceptors (Lipinski definition) is 2. The zero-order valence-electron chi connectivity index (χ0n) is 9.32. The number of rotatable bonds is 1. The smallest absolute Gasteiger partial charge is 0.258 e. The van der Waals surface area contributed by atoms with Crippen LogP contribution >= 0.6 is 63.7 Å². The van der Waals surface area contributed by atoms with Gasteiger partial charge in [0.2, 0.25) is 0 Å². The minimum atomic E-state index is -0.436. The molecule has 0 saturated carbocycles. The summed E-state index contributed by atoms with van der Waals surface area (Å²) in [5, 5.41) is 10.3. The first-order valence-corrected chi connectivity index (χ1v) is 8.08. The van der Waals surface area contributed by atoms with Crippen molar-refractivity contribution in [3.63, 3.8) is 0 Å². The topological polar surface area (TPSA) is 43.1 Å². The van der Waals surface area contributed by atoms with Crippen LogP contribution in [0.4, 0.5) is 5.69 Å². The number of nitro benzene ring substituents is 1. The van der Waals surface area contributed by atoms with E-state index in [0.717, 1.165) is 8.95 Å². The summed E-state index contributed by atoms with van der Waals surface area (Å²) in [5.41, 5.74) is 0.0689. The van der Waals surface area contributed by atoms with E-state index >= 15 is 0 Å². The molecule has 2 rings (SSSR count). The second-order valence-corrected chi connectivity index (χ2v) is 6.89. The van der Waals surface area contributed by atoms with Gasteiger partial charge in [-0.15, -0.1) is 0 Å². The minimum absolute atomic E-state index is 0.0689. The molecule has 0 spiro atoms. The molecule has 0 amide bonds. The van der Waals surface area contributed by atoms with Crippen molar-refractivity contribution in [3.8, 4) is 0 Å². The van der Waals surface area contributed by atoms with Crippen LogP contribution in [0.2, 0.25) is 0 Å². The highest BCUT2D eigenvalue weighted by atomic mass is 79.9. The highest BCUT2D eigenvalue weighted by molar-refractivity contribution is 9.11. The number of benzene rings is 2. The van der Waals surface area contributed by atoms with Gasteiger partial charge in [0.1, 0.15) is 0 Å². The van der Waals surface area contributed by atoms with Crippen molar-refractivity contribution in [2.24, 2.45) is 0 Å². The normalized spacial score (nSPS) is 9.47. The summed E-state index contributed by atoms with van der Waals surface area (Å²) in [4.78, 5) is 9.89. The Hall–Kier alpha value is -0.240. The first-order chi connectivity index (χ1) is 8.90. The van der Waals surface area contributed by atoms with Crippen LogP contribution in [-0.4, -0.2) is 4.92 Å². The van der Waals surface area contributed by atoms with Crippen molar-refractivity contribution in [2.45, 2.75) is 0 Å². The van der Waals surface area contributed by atoms with Crippen LogP contribution in [0.25, 0.3) is 0 Å². The number of halogens is 4. The highest BCUT2D eigenvalue weighted by Crippen LogP contribution is 2.27. The standard InChI is InChI=1S/C6H3Br2NO2.C6H4Br2/c7-4-1-2-5(8)6(3-4)9(10)11;7-5-1-2-6(8)4-3-5/h1-3H;1-4H. The maximum Gasteiger partial charge on any atom is 0.284 e. The molecule has 7 heteroatoms. The van der Waals surface area contributed by atoms with Gasteiger partial charge >= 0.3 is 0 Å². The second kappa shape index (κ2) is 8.14. The van der Waals surface area contributed by atoms with Crippen LogP contribution in [0.1, 0.15) is 0 Å². The number of nitro groups is 1. The van der Waals surface area contributed by atoms with Crippen LogP contribution in [0, 0.1) is 10.1 Å². The molecule has 0 atom stereocenters. The third-order valence-electron chi connectivity index (χ3n) is 1.91. The Kier molecular flexibility index (Phi) is 7.20. The Bertz CT molecular complexity index is 551. The molecule has 0 aliphatic rings. The lowest BCUT2D eigenvalue weighted by molar-refractivity contribution is -0.385. The Morgan fingerprint density at radius 1 is 0.789 bits per heavy atom. The fourth-order valence-electron chi connectivity index (χ4n) is 1.06. The molecule has 0 fully saturated rings. The van der Waals surface area contributed by atoms with Gasteiger partial charge in [-0.05, 0) is 52.3 Å². The van der Waals surface area contributed by atoms with Crippen molar-refractivity contribution in [1.82, 2.24) is 0 Å². The highest BCUT2D eigenvalue weighted by Gasteiger charge is 2.10. The molecule has 19 heavy (non-hydrogen) atoms. The molecule has 2 aromatic carbocycles. The van der Waals surface area contributed by atoms with Gasteiger partial charge in [0.25, 0.3) is 5.69 Å². The van der Waals surface area contributed by atoms with Crippen molar-refractivity contribution in [2.75, 3.05) is 0 Å². The van der Waals surface area contributed by atoms with E-state index in [1.807, 2.05) is 24.3 Å². The Balaban J connectivity index is 0.000000200. The molecule has 0 saturated heterocycles. The average molecular weight is 517 g/mol. The lowest BCUT2D eigenvalue weighted by Crippen LogP contribution is -1.88. The van der Waals surface area contributed by atoms with E-state index in [0.29, 0.717) is 8.95 Å². The van der Waals surface area contributed by atoms with Crippen molar-refractivity contribution < 1.29 is 4.92 Å². The summed E-state index contributed by atoms with van der Waals surface area (Å²) in [6, 6.07) is 12.8. The lowest BCUT2D eigenvalue weighted by atomic mass is 10.3. The summed E-state index contributed by atoms with van der Waals surface area (Å²) in [6.45, 7) is 0. The van der Waals surface area contributed by atoms with Gasteiger partial charge in [-0.2, -0.15) is 0 Å². The first-order valence-electron chi connectivity index (χ1n) is 4.90. The van der Waals surface area contributed by atoms with E-state index in [1.54, 1.807) is 12.1 Å². The average Bonchev–Trinajstić information content (AvgIpc) is 2.36. The molecule has 0 bridgehead atoms. The van der Waals surface area contributed by atoms with Crippen molar-refractivity contribution in [3.05, 3.63) is 70.5 Å². The molecular weight excluding hydrogens is 510 g/mol. The van der Waals surface area contributed by atoms with Gasteiger partial charge in [0.15, 0.2) is 0 Å². The van der Waals surface area contributed by atoms with Crippen molar-refractivity contribution in [1.29, 1.82) is 0 Å². The molecule has 0 aliphatic heterocycles. The molecule has 0 unspecified atom stereocenters. The largest absolute Gasteiger partial charge is 0.284 e. The molecule has 0 aromatic heterocycles. The lowest BCUT2D eigenvalue weighted by Gasteiger charge is -1.94. The van der Waals surface area contributed by atoms with E-state index in [2.05, 4.69) is 63.7 Å². The quantitative estimate of drug-likeness (QED) is 0.328. The zero-order valence-corrected chi connectivity index (χ0v) is 15.7. The Labute approximate surface area is 144 Å². The van der Waals surface area contributed by atoms with E-state index in [9.17, 15) is 10.1 Å². The van der Waals surface area contributed by atoms with Gasteiger partial charge < -0.3 is 0 Å². The predicted octanol–water partition coefficient (Wildman–Crippen LogP) is 6.33. The molecule has 100 valence electrons. The van der Waals surface area contributed by atoms with Crippen molar-refractivity contribution >= 4 is 69.4 Å². The van der Waals surface area contributed by atoms with Gasteiger partial charge in [-0.3, -0.25) is 10.1 Å². The summed E-state index contributed by atoms with van der Waals surface area (Å²) in [5.74, 6) is 0. The Morgan fingerprint density at radius 3 is 1.58 bits per heavy atom. The van der Waals surface area contributed by atoms with Crippen LogP contribution in [-0.2, 0) is 0 Å². The van der Waals surface area contributed by atoms with Crippen LogP contribution in [0.3, 0.4) is 0 Å². The van der Waals surface area contributed by atoms with Gasteiger partial charge in [0.05, 0.1) is 9.40 Å². The second-order valence-electron chi connectivity index (χ2n) is 3.29. The summed E-state index contributed by atoms with van der Waals surface area (Å²) >= 11 is 12.9. The van der Waals surface area contributed by atoms with E-state index in [4.69, 9.17) is 0 Å².